The van der Waals surface area contributed by atoms with Gasteiger partial charge in [-0.05, 0) is 36.2 Å². The van der Waals surface area contributed by atoms with E-state index >= 15 is 0 Å². The van der Waals surface area contributed by atoms with E-state index in [0.717, 1.165) is 32.5 Å². The van der Waals surface area contributed by atoms with E-state index in [-0.39, 0.29) is 0 Å². The van der Waals surface area contributed by atoms with Gasteiger partial charge in [0, 0.05) is 23.6 Å². The van der Waals surface area contributed by atoms with Crippen molar-refractivity contribution in [1.82, 2.24) is 9.55 Å². The molecule has 102 valence electrons. The van der Waals surface area contributed by atoms with Crippen molar-refractivity contribution in [3.63, 3.8) is 0 Å². The second-order valence-electron chi connectivity index (χ2n) is 4.95. The SMILES string of the molecule is Cc1cc(-c2nc3c(CN)cccc3n2C)ccc1Br. The first-order chi connectivity index (χ1) is 9.61. The maximum absolute atomic E-state index is 5.80. The lowest BCUT2D eigenvalue weighted by atomic mass is 10.1. The molecular formula is C16H16BrN3. The van der Waals surface area contributed by atoms with Gasteiger partial charge in [0.1, 0.15) is 5.82 Å². The topological polar surface area (TPSA) is 43.8 Å². The zero-order valence-electron chi connectivity index (χ0n) is 11.5. The Morgan fingerprint density at radius 1 is 1.25 bits per heavy atom. The number of halogens is 1. The molecule has 3 rings (SSSR count). The number of rotatable bonds is 2. The molecule has 0 spiro atoms. The summed E-state index contributed by atoms with van der Waals surface area (Å²) >= 11 is 3.53. The second-order valence-corrected chi connectivity index (χ2v) is 5.80. The first-order valence-corrected chi connectivity index (χ1v) is 7.32. The molecule has 20 heavy (non-hydrogen) atoms. The molecule has 0 amide bonds. The Balaban J connectivity index is 2.26. The zero-order valence-corrected chi connectivity index (χ0v) is 13.1. The van der Waals surface area contributed by atoms with Crippen LogP contribution in [0, 0.1) is 6.92 Å². The summed E-state index contributed by atoms with van der Waals surface area (Å²) in [7, 11) is 2.04. The Labute approximate surface area is 126 Å². The molecule has 0 aliphatic carbocycles. The van der Waals surface area contributed by atoms with Gasteiger partial charge in [-0.25, -0.2) is 4.98 Å². The molecule has 0 bridgehead atoms. The Kier molecular flexibility index (Phi) is 3.36. The summed E-state index contributed by atoms with van der Waals surface area (Å²) in [5.41, 5.74) is 11.3. The number of benzene rings is 2. The summed E-state index contributed by atoms with van der Waals surface area (Å²) in [4.78, 5) is 4.79. The van der Waals surface area contributed by atoms with Gasteiger partial charge < -0.3 is 10.3 Å². The fourth-order valence-electron chi connectivity index (χ4n) is 2.48. The Morgan fingerprint density at radius 2 is 2.05 bits per heavy atom. The van der Waals surface area contributed by atoms with Crippen LogP contribution in [0.25, 0.3) is 22.4 Å². The fourth-order valence-corrected chi connectivity index (χ4v) is 2.73. The summed E-state index contributed by atoms with van der Waals surface area (Å²) in [6.45, 7) is 2.59. The van der Waals surface area contributed by atoms with E-state index in [4.69, 9.17) is 10.7 Å². The molecule has 1 aromatic heterocycles. The summed E-state index contributed by atoms with van der Waals surface area (Å²) < 4.78 is 3.24. The number of aryl methyl sites for hydroxylation is 2. The Bertz CT molecular complexity index is 790. The molecule has 0 unspecified atom stereocenters. The highest BCUT2D eigenvalue weighted by molar-refractivity contribution is 9.10. The standard InChI is InChI=1S/C16H16BrN3/c1-10-8-11(6-7-13(10)17)16-19-15-12(9-18)4-3-5-14(15)20(16)2/h3-8H,9,18H2,1-2H3. The predicted octanol–water partition coefficient (Wildman–Crippen LogP) is 3.77. The Hall–Kier alpha value is -1.65. The van der Waals surface area contributed by atoms with Gasteiger partial charge in [-0.15, -0.1) is 0 Å². The third-order valence-electron chi connectivity index (χ3n) is 3.63. The van der Waals surface area contributed by atoms with Crippen molar-refractivity contribution in [3.05, 3.63) is 52.0 Å². The first-order valence-electron chi connectivity index (χ1n) is 6.52. The van der Waals surface area contributed by atoms with E-state index in [1.54, 1.807) is 0 Å². The lowest BCUT2D eigenvalue weighted by Crippen LogP contribution is -1.97. The fraction of sp³-hybridized carbons (Fsp3) is 0.188. The molecule has 0 aliphatic heterocycles. The summed E-state index contributed by atoms with van der Waals surface area (Å²) in [5, 5.41) is 0. The van der Waals surface area contributed by atoms with Crippen LogP contribution in [0.15, 0.2) is 40.9 Å². The van der Waals surface area contributed by atoms with Crippen LogP contribution >= 0.6 is 15.9 Å². The van der Waals surface area contributed by atoms with Crippen LogP contribution in [0.2, 0.25) is 0 Å². The van der Waals surface area contributed by atoms with Crippen LogP contribution in [0.1, 0.15) is 11.1 Å². The summed E-state index contributed by atoms with van der Waals surface area (Å²) in [6, 6.07) is 12.4. The highest BCUT2D eigenvalue weighted by Gasteiger charge is 2.12. The molecule has 0 saturated heterocycles. The number of aromatic nitrogens is 2. The number of hydrogen-bond donors (Lipinski definition) is 1. The largest absolute Gasteiger partial charge is 0.327 e. The average molecular weight is 330 g/mol. The molecule has 0 aliphatic rings. The molecule has 1 heterocycles. The van der Waals surface area contributed by atoms with Gasteiger partial charge in [0.25, 0.3) is 0 Å². The second kappa shape index (κ2) is 5.04. The number of para-hydroxylation sites is 1. The highest BCUT2D eigenvalue weighted by atomic mass is 79.9. The van der Waals surface area contributed by atoms with Crippen molar-refractivity contribution >= 4 is 27.0 Å². The zero-order chi connectivity index (χ0) is 14.3. The quantitative estimate of drug-likeness (QED) is 0.777. The lowest BCUT2D eigenvalue weighted by Gasteiger charge is -2.05. The minimum absolute atomic E-state index is 0.507. The van der Waals surface area contributed by atoms with Crippen LogP contribution in [-0.4, -0.2) is 9.55 Å². The number of imidazole rings is 1. The minimum Gasteiger partial charge on any atom is -0.327 e. The normalized spacial score (nSPS) is 11.2. The van der Waals surface area contributed by atoms with Crippen LogP contribution in [0.4, 0.5) is 0 Å². The lowest BCUT2D eigenvalue weighted by molar-refractivity contribution is 0.959. The molecule has 0 atom stereocenters. The number of nitrogens with zero attached hydrogens (tertiary/aromatic N) is 2. The van der Waals surface area contributed by atoms with E-state index in [0.29, 0.717) is 6.54 Å². The molecule has 3 nitrogen and oxygen atoms in total. The van der Waals surface area contributed by atoms with E-state index in [1.807, 2.05) is 19.2 Å². The van der Waals surface area contributed by atoms with Crippen LogP contribution < -0.4 is 5.73 Å². The van der Waals surface area contributed by atoms with Crippen LogP contribution in [0.5, 0.6) is 0 Å². The third kappa shape index (κ3) is 2.05. The molecule has 3 aromatic rings. The van der Waals surface area contributed by atoms with Gasteiger partial charge in [-0.1, -0.05) is 34.1 Å². The van der Waals surface area contributed by atoms with Crippen molar-refractivity contribution in [2.45, 2.75) is 13.5 Å². The summed E-state index contributed by atoms with van der Waals surface area (Å²) in [5.74, 6) is 0.969. The maximum atomic E-state index is 5.80. The smallest absolute Gasteiger partial charge is 0.140 e. The molecule has 0 fully saturated rings. The predicted molar refractivity (Wildman–Crippen MR) is 86.5 cm³/mol. The molecule has 2 N–H and O–H groups in total. The van der Waals surface area contributed by atoms with Gasteiger partial charge in [-0.2, -0.15) is 0 Å². The molecule has 0 radical (unpaired) electrons. The minimum atomic E-state index is 0.507. The monoisotopic (exact) mass is 329 g/mol. The number of nitrogens with two attached hydrogens (primary N) is 1. The highest BCUT2D eigenvalue weighted by Crippen LogP contribution is 2.28. The molecule has 4 heteroatoms. The van der Waals surface area contributed by atoms with Crippen LogP contribution in [-0.2, 0) is 13.6 Å². The van der Waals surface area contributed by atoms with E-state index in [9.17, 15) is 0 Å². The number of hydrogen-bond acceptors (Lipinski definition) is 2. The van der Waals surface area contributed by atoms with Gasteiger partial charge in [0.15, 0.2) is 0 Å². The van der Waals surface area contributed by atoms with Crippen molar-refractivity contribution in [2.75, 3.05) is 0 Å². The van der Waals surface area contributed by atoms with E-state index < -0.39 is 0 Å². The van der Waals surface area contributed by atoms with Crippen LogP contribution in [0.3, 0.4) is 0 Å². The third-order valence-corrected chi connectivity index (χ3v) is 4.52. The van der Waals surface area contributed by atoms with Gasteiger partial charge in [0.05, 0.1) is 11.0 Å². The van der Waals surface area contributed by atoms with Crippen molar-refractivity contribution < 1.29 is 0 Å². The van der Waals surface area contributed by atoms with Crippen molar-refractivity contribution in [1.29, 1.82) is 0 Å². The molecular weight excluding hydrogens is 314 g/mol. The van der Waals surface area contributed by atoms with Gasteiger partial charge in [-0.3, -0.25) is 0 Å². The van der Waals surface area contributed by atoms with Gasteiger partial charge in [0.2, 0.25) is 0 Å². The first kappa shape index (κ1) is 13.3. The molecule has 2 aromatic carbocycles. The van der Waals surface area contributed by atoms with Crippen molar-refractivity contribution in [3.8, 4) is 11.4 Å². The van der Waals surface area contributed by atoms with Crippen molar-refractivity contribution in [2.24, 2.45) is 12.8 Å². The van der Waals surface area contributed by atoms with Gasteiger partial charge >= 0.3 is 0 Å². The maximum Gasteiger partial charge on any atom is 0.140 e. The van der Waals surface area contributed by atoms with E-state index in [1.165, 1.54) is 5.56 Å². The molecule has 0 saturated carbocycles. The van der Waals surface area contributed by atoms with E-state index in [2.05, 4.69) is 51.7 Å². The Morgan fingerprint density at radius 3 is 2.75 bits per heavy atom. The summed E-state index contributed by atoms with van der Waals surface area (Å²) in [6.07, 6.45) is 0. The average Bonchev–Trinajstić information content (AvgIpc) is 2.79. The number of fused-ring (bicyclic) bond motifs is 1.